The topological polar surface area (TPSA) is 84.2 Å². The van der Waals surface area contributed by atoms with Crippen molar-refractivity contribution in [1.29, 1.82) is 0 Å². The number of amides is 2. The van der Waals surface area contributed by atoms with Gasteiger partial charge in [-0.25, -0.2) is 4.79 Å². The van der Waals surface area contributed by atoms with Crippen LogP contribution in [0.5, 0.6) is 5.75 Å². The van der Waals surface area contributed by atoms with Gasteiger partial charge < -0.3 is 28.9 Å². The Morgan fingerprint density at radius 2 is 1.70 bits per heavy atom. The van der Waals surface area contributed by atoms with E-state index in [0.29, 0.717) is 26.1 Å². The van der Waals surface area contributed by atoms with Crippen molar-refractivity contribution in [2.45, 2.75) is 77.1 Å². The van der Waals surface area contributed by atoms with E-state index in [9.17, 15) is 14.7 Å². The first kappa shape index (κ1) is 32.6. The van der Waals surface area contributed by atoms with E-state index in [0.717, 1.165) is 59.0 Å². The van der Waals surface area contributed by atoms with Crippen LogP contribution in [0.25, 0.3) is 22.0 Å². The van der Waals surface area contributed by atoms with Crippen molar-refractivity contribution in [2.24, 2.45) is 5.92 Å². The van der Waals surface area contributed by atoms with Gasteiger partial charge in [-0.2, -0.15) is 0 Å². The summed E-state index contributed by atoms with van der Waals surface area (Å²) in [5, 5.41) is 12.0. The molecular weight excluding hydrogens is 590 g/mol. The highest BCUT2D eigenvalue weighted by Gasteiger charge is 2.43. The van der Waals surface area contributed by atoms with Crippen LogP contribution in [0.2, 0.25) is 0 Å². The lowest BCUT2D eigenvalue weighted by Crippen LogP contribution is -2.51. The van der Waals surface area contributed by atoms with Crippen molar-refractivity contribution in [3.63, 3.8) is 0 Å². The molecule has 1 aromatic heterocycles. The average molecular weight is 638 g/mol. The molecule has 2 atom stereocenters. The van der Waals surface area contributed by atoms with E-state index >= 15 is 0 Å². The predicted octanol–water partition coefficient (Wildman–Crippen LogP) is 7.58. The van der Waals surface area contributed by atoms with Crippen molar-refractivity contribution in [2.75, 3.05) is 26.8 Å². The molecule has 0 bridgehead atoms. The molecule has 2 aliphatic rings. The van der Waals surface area contributed by atoms with Crippen LogP contribution in [0.15, 0.2) is 79.0 Å². The summed E-state index contributed by atoms with van der Waals surface area (Å²) in [4.78, 5) is 31.9. The van der Waals surface area contributed by atoms with Crippen LogP contribution in [0.1, 0.15) is 63.5 Å². The highest BCUT2D eigenvalue weighted by molar-refractivity contribution is 5.86. The fraction of sp³-hybridized carbons (Fsp3) is 0.436. The molecule has 8 nitrogen and oxygen atoms in total. The zero-order valence-corrected chi connectivity index (χ0v) is 28.0. The Bertz CT molecular complexity index is 1700. The fourth-order valence-electron chi connectivity index (χ4n) is 6.92. The number of phenols is 1. The van der Waals surface area contributed by atoms with Crippen molar-refractivity contribution in [3.05, 3.63) is 90.1 Å². The molecule has 1 N–H and O–H groups in total. The minimum atomic E-state index is -0.638. The minimum Gasteiger partial charge on any atom is -0.508 e. The lowest BCUT2D eigenvalue weighted by atomic mass is 9.78. The van der Waals surface area contributed by atoms with Gasteiger partial charge in [-0.1, -0.05) is 54.6 Å². The first-order chi connectivity index (χ1) is 22.6. The summed E-state index contributed by atoms with van der Waals surface area (Å²) in [6, 6.07) is 24.2. The summed E-state index contributed by atoms with van der Waals surface area (Å²) in [5.74, 6) is -0.446. The van der Waals surface area contributed by atoms with Gasteiger partial charge in [-0.05, 0) is 92.8 Å². The molecule has 2 heterocycles. The van der Waals surface area contributed by atoms with Crippen LogP contribution in [-0.4, -0.2) is 69.9 Å². The summed E-state index contributed by atoms with van der Waals surface area (Å²) < 4.78 is 13.3. The molecule has 0 spiro atoms. The summed E-state index contributed by atoms with van der Waals surface area (Å²) in [6.45, 7) is 8.34. The number of methoxy groups -OCH3 is 1. The molecule has 1 aliphatic carbocycles. The first-order valence-electron chi connectivity index (χ1n) is 16.8. The third-order valence-corrected chi connectivity index (χ3v) is 9.29. The lowest BCUT2D eigenvalue weighted by molar-refractivity contribution is -0.139. The van der Waals surface area contributed by atoms with Gasteiger partial charge in [0, 0.05) is 63.0 Å². The molecule has 4 aromatic rings. The Hall–Kier alpha value is -4.30. The van der Waals surface area contributed by atoms with Crippen LogP contribution in [0.4, 0.5) is 4.79 Å². The number of ether oxygens (including phenoxy) is 2. The quantitative estimate of drug-likeness (QED) is 0.181. The summed E-state index contributed by atoms with van der Waals surface area (Å²) in [7, 11) is 1.72. The van der Waals surface area contributed by atoms with Crippen LogP contribution >= 0.6 is 0 Å². The number of nitrogens with zero attached hydrogens (tertiary/aromatic N) is 3. The number of aromatic hydroxyl groups is 1. The van der Waals surface area contributed by atoms with Gasteiger partial charge >= 0.3 is 6.09 Å². The SMILES string of the molecule is COCCCn1cc(CN(C(=O)C2CN(C(=O)OC(C)(C)C)CC[C@@H]2c2cc(O)cc(-c3ccccc3)c2)C2CC2)c2ccccc21. The van der Waals surface area contributed by atoms with Gasteiger partial charge in [-0.3, -0.25) is 4.79 Å². The summed E-state index contributed by atoms with van der Waals surface area (Å²) >= 11 is 0. The minimum absolute atomic E-state index is 0.0478. The van der Waals surface area contributed by atoms with Crippen LogP contribution in [0, 0.1) is 5.92 Å². The summed E-state index contributed by atoms with van der Waals surface area (Å²) in [5.41, 5.74) is 4.46. The Morgan fingerprint density at radius 1 is 0.957 bits per heavy atom. The fourth-order valence-corrected chi connectivity index (χ4v) is 6.92. The molecule has 1 aliphatic heterocycles. The molecule has 2 amide bonds. The number of benzene rings is 3. The molecular formula is C39H47N3O5. The smallest absolute Gasteiger partial charge is 0.410 e. The second-order valence-electron chi connectivity index (χ2n) is 14.0. The van der Waals surface area contributed by atoms with Gasteiger partial charge in [-0.15, -0.1) is 0 Å². The van der Waals surface area contributed by atoms with E-state index in [2.05, 4.69) is 46.0 Å². The summed E-state index contributed by atoms with van der Waals surface area (Å²) in [6.07, 6.45) is 5.22. The van der Waals surface area contributed by atoms with E-state index in [4.69, 9.17) is 9.47 Å². The number of hydrogen-bond donors (Lipinski definition) is 1. The van der Waals surface area contributed by atoms with E-state index in [1.165, 1.54) is 0 Å². The van der Waals surface area contributed by atoms with Gasteiger partial charge in [0.25, 0.3) is 0 Å². The zero-order chi connectivity index (χ0) is 33.1. The van der Waals surface area contributed by atoms with E-state index < -0.39 is 17.6 Å². The molecule has 1 saturated heterocycles. The molecule has 0 radical (unpaired) electrons. The highest BCUT2D eigenvalue weighted by Crippen LogP contribution is 2.41. The van der Waals surface area contributed by atoms with Crippen molar-refractivity contribution < 1.29 is 24.2 Å². The normalized spacial score (nSPS) is 18.3. The Labute approximate surface area is 277 Å². The predicted molar refractivity (Wildman–Crippen MR) is 184 cm³/mol. The second-order valence-corrected chi connectivity index (χ2v) is 14.0. The molecule has 1 saturated carbocycles. The van der Waals surface area contributed by atoms with Crippen molar-refractivity contribution in [3.8, 4) is 16.9 Å². The second kappa shape index (κ2) is 13.8. The lowest BCUT2D eigenvalue weighted by Gasteiger charge is -2.40. The first-order valence-corrected chi connectivity index (χ1v) is 16.8. The largest absolute Gasteiger partial charge is 0.508 e. The van der Waals surface area contributed by atoms with Crippen LogP contribution in [0.3, 0.4) is 0 Å². The molecule has 8 heteroatoms. The standard InChI is InChI=1S/C39H47N3O5/c1-39(2,3)47-38(45)41-19-17-33(29-21-28(22-32(43)23-29)27-11-6-5-7-12-27)35(26-41)37(44)42(31-15-16-31)25-30-24-40(18-10-20-46-4)36-14-9-8-13-34(30)36/h5-9,11-14,21-24,31,33,35,43H,10,15-20,25-26H2,1-4H3/t33-,35?/m1/s1. The molecule has 47 heavy (non-hydrogen) atoms. The molecule has 1 unspecified atom stereocenters. The number of phenolic OH excluding ortho intramolecular Hbond substituents is 1. The number of aryl methyl sites for hydroxylation is 1. The van der Waals surface area contributed by atoms with E-state index in [1.807, 2.05) is 51.1 Å². The maximum atomic E-state index is 14.9. The van der Waals surface area contributed by atoms with Crippen molar-refractivity contribution >= 4 is 22.9 Å². The number of rotatable bonds is 10. The molecule has 2 fully saturated rings. The number of aromatic nitrogens is 1. The van der Waals surface area contributed by atoms with Crippen molar-refractivity contribution in [1.82, 2.24) is 14.4 Å². The highest BCUT2D eigenvalue weighted by atomic mass is 16.6. The van der Waals surface area contributed by atoms with E-state index in [1.54, 1.807) is 24.1 Å². The monoisotopic (exact) mass is 637 g/mol. The molecule has 6 rings (SSSR count). The third kappa shape index (κ3) is 7.65. The maximum Gasteiger partial charge on any atom is 0.410 e. The number of carbonyl (C=O) groups is 2. The Morgan fingerprint density at radius 3 is 2.43 bits per heavy atom. The van der Waals surface area contributed by atoms with Gasteiger partial charge in [0.05, 0.1) is 5.92 Å². The van der Waals surface area contributed by atoms with Gasteiger partial charge in [0.2, 0.25) is 5.91 Å². The molecule has 3 aromatic carbocycles. The number of likely N-dealkylation sites (tertiary alicyclic amines) is 1. The average Bonchev–Trinajstić information content (AvgIpc) is 3.84. The number of carbonyl (C=O) groups excluding carboxylic acids is 2. The maximum absolute atomic E-state index is 14.9. The Kier molecular flexibility index (Phi) is 9.60. The number of para-hydroxylation sites is 1. The Balaban J connectivity index is 1.34. The van der Waals surface area contributed by atoms with Gasteiger partial charge in [0.1, 0.15) is 11.4 Å². The van der Waals surface area contributed by atoms with Crippen LogP contribution < -0.4 is 0 Å². The number of hydrogen-bond acceptors (Lipinski definition) is 5. The third-order valence-electron chi connectivity index (χ3n) is 9.29. The number of piperidine rings is 1. The number of fused-ring (bicyclic) bond motifs is 1. The zero-order valence-electron chi connectivity index (χ0n) is 28.0. The van der Waals surface area contributed by atoms with Gasteiger partial charge in [0.15, 0.2) is 0 Å². The molecule has 248 valence electrons. The van der Waals surface area contributed by atoms with E-state index in [-0.39, 0.29) is 30.2 Å². The van der Waals surface area contributed by atoms with Crippen LogP contribution in [-0.2, 0) is 27.4 Å².